The molecule has 5 aromatic rings. The molecule has 0 bridgehead atoms. The number of hydrogen-bond donors (Lipinski definition) is 1. The molecule has 0 atom stereocenters. The monoisotopic (exact) mass is 486 g/mol. The summed E-state index contributed by atoms with van der Waals surface area (Å²) in [6.45, 7) is 8.18. The first-order chi connectivity index (χ1) is 16.5. The number of para-hydroxylation sites is 1. The molecular weight excluding hydrogens is 464 g/mol. The molecule has 2 aromatic carbocycles. The summed E-state index contributed by atoms with van der Waals surface area (Å²) in [4.78, 5) is 40.2. The quantitative estimate of drug-likeness (QED) is 0.196. The van der Waals surface area contributed by atoms with E-state index in [9.17, 15) is 9.59 Å². The molecule has 8 heteroatoms. The lowest BCUT2D eigenvalue weighted by Gasteiger charge is -2.11. The summed E-state index contributed by atoms with van der Waals surface area (Å²) in [7, 11) is 0. The van der Waals surface area contributed by atoms with Crippen molar-refractivity contribution in [2.45, 2.75) is 31.3 Å². The maximum atomic E-state index is 13.1. The van der Waals surface area contributed by atoms with Crippen LogP contribution >= 0.6 is 23.1 Å². The normalized spacial score (nSPS) is 11.4. The number of fused-ring (bicyclic) bond motifs is 2. The SMILES string of the molecule is C=CCn1c(SCc2nc3sc(C)c(-c4ccc(C)cc4)c3c(=O)[nH]2)nc2ccccc2c1=O. The Morgan fingerprint density at radius 2 is 1.85 bits per heavy atom. The number of aromatic nitrogens is 4. The first-order valence-electron chi connectivity index (χ1n) is 10.8. The third-order valence-electron chi connectivity index (χ3n) is 5.60. The maximum Gasteiger partial charge on any atom is 0.262 e. The van der Waals surface area contributed by atoms with Gasteiger partial charge in [0.15, 0.2) is 5.16 Å². The first kappa shape index (κ1) is 22.3. The van der Waals surface area contributed by atoms with Gasteiger partial charge in [-0.15, -0.1) is 17.9 Å². The number of thioether (sulfide) groups is 1. The van der Waals surface area contributed by atoms with E-state index in [1.165, 1.54) is 28.7 Å². The van der Waals surface area contributed by atoms with E-state index in [1.807, 2.05) is 56.3 Å². The highest BCUT2D eigenvalue weighted by Gasteiger charge is 2.17. The summed E-state index contributed by atoms with van der Waals surface area (Å²) < 4.78 is 1.60. The van der Waals surface area contributed by atoms with Gasteiger partial charge in [-0.2, -0.15) is 0 Å². The van der Waals surface area contributed by atoms with Crippen LogP contribution in [-0.4, -0.2) is 19.5 Å². The third-order valence-corrected chi connectivity index (χ3v) is 7.59. The van der Waals surface area contributed by atoms with Crippen LogP contribution < -0.4 is 11.1 Å². The predicted molar refractivity (Wildman–Crippen MR) is 141 cm³/mol. The minimum absolute atomic E-state index is 0.110. The third kappa shape index (κ3) is 3.99. The lowest BCUT2D eigenvalue weighted by molar-refractivity contribution is 0.671. The molecule has 1 N–H and O–H groups in total. The highest BCUT2D eigenvalue weighted by atomic mass is 32.2. The molecule has 5 rings (SSSR count). The number of aryl methyl sites for hydroxylation is 2. The van der Waals surface area contributed by atoms with Crippen LogP contribution in [-0.2, 0) is 12.3 Å². The molecule has 0 saturated heterocycles. The summed E-state index contributed by atoms with van der Waals surface area (Å²) in [6.07, 6.45) is 1.68. The Morgan fingerprint density at radius 1 is 1.09 bits per heavy atom. The van der Waals surface area contributed by atoms with Crippen molar-refractivity contribution in [3.8, 4) is 11.1 Å². The minimum Gasteiger partial charge on any atom is -0.309 e. The average molecular weight is 487 g/mol. The van der Waals surface area contributed by atoms with Gasteiger partial charge in [0.1, 0.15) is 10.7 Å². The van der Waals surface area contributed by atoms with Crippen molar-refractivity contribution in [1.82, 2.24) is 19.5 Å². The second-order valence-corrected chi connectivity index (χ2v) is 10.1. The Kier molecular flexibility index (Phi) is 5.93. The topological polar surface area (TPSA) is 80.6 Å². The molecule has 0 radical (unpaired) electrons. The molecule has 0 fully saturated rings. The highest BCUT2D eigenvalue weighted by molar-refractivity contribution is 7.98. The van der Waals surface area contributed by atoms with Gasteiger partial charge in [0.05, 0.1) is 22.0 Å². The summed E-state index contributed by atoms with van der Waals surface area (Å²) in [5.41, 5.74) is 3.49. The Balaban J connectivity index is 1.52. The van der Waals surface area contributed by atoms with E-state index in [2.05, 4.69) is 16.5 Å². The molecule has 0 spiro atoms. The highest BCUT2D eigenvalue weighted by Crippen LogP contribution is 2.35. The van der Waals surface area contributed by atoms with Crippen LogP contribution in [0.15, 0.2) is 75.9 Å². The van der Waals surface area contributed by atoms with Gasteiger partial charge in [-0.3, -0.25) is 14.2 Å². The van der Waals surface area contributed by atoms with E-state index in [-0.39, 0.29) is 11.1 Å². The van der Waals surface area contributed by atoms with Gasteiger partial charge in [0, 0.05) is 17.0 Å². The summed E-state index contributed by atoms with van der Waals surface area (Å²) >= 11 is 2.89. The summed E-state index contributed by atoms with van der Waals surface area (Å²) in [5, 5.41) is 1.75. The van der Waals surface area contributed by atoms with Crippen molar-refractivity contribution in [2.24, 2.45) is 0 Å². The van der Waals surface area contributed by atoms with Crippen molar-refractivity contribution >= 4 is 44.2 Å². The minimum atomic E-state index is -0.157. The number of nitrogens with one attached hydrogen (secondary N) is 1. The molecule has 0 saturated carbocycles. The van der Waals surface area contributed by atoms with E-state index in [0.29, 0.717) is 44.4 Å². The molecule has 0 aliphatic rings. The number of aromatic amines is 1. The Labute approximate surface area is 204 Å². The summed E-state index contributed by atoms with van der Waals surface area (Å²) in [5.74, 6) is 0.927. The van der Waals surface area contributed by atoms with E-state index < -0.39 is 0 Å². The number of rotatable bonds is 6. The van der Waals surface area contributed by atoms with E-state index in [1.54, 1.807) is 16.7 Å². The van der Waals surface area contributed by atoms with Crippen LogP contribution in [0.4, 0.5) is 0 Å². The standard InChI is InChI=1S/C26H22N4O2S2/c1-4-13-30-25(32)18-7-5-6-8-19(18)27-26(30)33-14-20-28-23(31)22-21(16(3)34-24(22)29-20)17-11-9-15(2)10-12-17/h4-12H,1,13-14H2,2-3H3,(H,28,29,31). The van der Waals surface area contributed by atoms with Crippen LogP contribution in [0.1, 0.15) is 16.3 Å². The van der Waals surface area contributed by atoms with Gasteiger partial charge in [0.25, 0.3) is 11.1 Å². The lowest BCUT2D eigenvalue weighted by Crippen LogP contribution is -2.22. The first-order valence-corrected chi connectivity index (χ1v) is 12.6. The predicted octanol–water partition coefficient (Wildman–Crippen LogP) is 5.46. The van der Waals surface area contributed by atoms with Crippen LogP contribution in [0.25, 0.3) is 32.2 Å². The zero-order valence-electron chi connectivity index (χ0n) is 18.8. The van der Waals surface area contributed by atoms with E-state index >= 15 is 0 Å². The van der Waals surface area contributed by atoms with Gasteiger partial charge in [-0.05, 0) is 31.5 Å². The molecule has 0 aliphatic heterocycles. The molecule has 6 nitrogen and oxygen atoms in total. The van der Waals surface area contributed by atoms with Gasteiger partial charge >= 0.3 is 0 Å². The molecule has 0 amide bonds. The smallest absolute Gasteiger partial charge is 0.262 e. The fraction of sp³-hybridized carbons (Fsp3) is 0.154. The zero-order chi connectivity index (χ0) is 23.8. The Hall–Kier alpha value is -3.49. The van der Waals surface area contributed by atoms with Crippen LogP contribution in [0.2, 0.25) is 0 Å². The number of benzene rings is 2. The van der Waals surface area contributed by atoms with Crippen molar-refractivity contribution in [2.75, 3.05) is 0 Å². The Morgan fingerprint density at radius 3 is 2.62 bits per heavy atom. The average Bonchev–Trinajstić information content (AvgIpc) is 3.16. The van der Waals surface area contributed by atoms with Crippen LogP contribution in [0.3, 0.4) is 0 Å². The van der Waals surface area contributed by atoms with Crippen molar-refractivity contribution in [3.63, 3.8) is 0 Å². The fourth-order valence-corrected chi connectivity index (χ4v) is 5.92. The van der Waals surface area contributed by atoms with E-state index in [0.717, 1.165) is 16.0 Å². The number of allylic oxidation sites excluding steroid dienone is 1. The molecule has 0 unspecified atom stereocenters. The van der Waals surface area contributed by atoms with Crippen molar-refractivity contribution < 1.29 is 0 Å². The molecule has 0 aliphatic carbocycles. The lowest BCUT2D eigenvalue weighted by atomic mass is 10.0. The molecular formula is C26H22N4O2S2. The number of thiophene rings is 1. The number of nitrogens with zero attached hydrogens (tertiary/aromatic N) is 3. The van der Waals surface area contributed by atoms with Gasteiger partial charge in [-0.25, -0.2) is 9.97 Å². The van der Waals surface area contributed by atoms with Crippen LogP contribution in [0, 0.1) is 13.8 Å². The fourth-order valence-electron chi connectivity index (χ4n) is 3.98. The largest absolute Gasteiger partial charge is 0.309 e. The second kappa shape index (κ2) is 9.04. The van der Waals surface area contributed by atoms with Crippen molar-refractivity contribution in [1.29, 1.82) is 0 Å². The van der Waals surface area contributed by atoms with Crippen LogP contribution in [0.5, 0.6) is 0 Å². The van der Waals surface area contributed by atoms with E-state index in [4.69, 9.17) is 4.98 Å². The molecule has 170 valence electrons. The molecule has 3 aromatic heterocycles. The Bertz CT molecular complexity index is 1660. The number of hydrogen-bond acceptors (Lipinski definition) is 6. The molecule has 34 heavy (non-hydrogen) atoms. The molecule has 3 heterocycles. The maximum absolute atomic E-state index is 13.1. The second-order valence-electron chi connectivity index (χ2n) is 8.00. The van der Waals surface area contributed by atoms with Gasteiger partial charge < -0.3 is 4.98 Å². The van der Waals surface area contributed by atoms with Crippen molar-refractivity contribution in [3.05, 3.63) is 98.2 Å². The summed E-state index contributed by atoms with van der Waals surface area (Å²) in [6, 6.07) is 15.5. The van der Waals surface area contributed by atoms with Gasteiger partial charge in [-0.1, -0.05) is 59.8 Å². The van der Waals surface area contributed by atoms with Gasteiger partial charge in [0.2, 0.25) is 0 Å². The number of H-pyrrole nitrogens is 1. The zero-order valence-corrected chi connectivity index (χ0v) is 20.4.